The maximum Gasteiger partial charge on any atom is 0.296 e. The number of methoxy groups -OCH3 is 2. The van der Waals surface area contributed by atoms with Gasteiger partial charge < -0.3 is 29.8 Å². The van der Waals surface area contributed by atoms with Crippen LogP contribution >= 0.6 is 0 Å². The number of nitrogens with one attached hydrogen (secondary N) is 1. The first kappa shape index (κ1) is 42.1. The average Bonchev–Trinajstić information content (AvgIpc) is 3.10. The van der Waals surface area contributed by atoms with Gasteiger partial charge in [-0.1, -0.05) is 0 Å². The maximum atomic E-state index is 12.7. The molecule has 0 aliphatic carbocycles. The van der Waals surface area contributed by atoms with Gasteiger partial charge in [0.05, 0.1) is 54.7 Å². The Morgan fingerprint density at radius 1 is 0.741 bits per heavy atom. The van der Waals surface area contributed by atoms with E-state index in [2.05, 4.69) is 25.2 Å². The second-order valence-corrected chi connectivity index (χ2v) is 15.9. The van der Waals surface area contributed by atoms with Gasteiger partial charge in [0.25, 0.3) is 20.2 Å². The first-order valence-electron chi connectivity index (χ1n) is 15.8. The fourth-order valence-electron chi connectivity index (χ4n) is 4.78. The summed E-state index contributed by atoms with van der Waals surface area (Å²) in [6, 6.07) is 11.1. The van der Waals surface area contributed by atoms with Crippen molar-refractivity contribution in [2.45, 2.75) is 28.0 Å². The quantitative estimate of drug-likeness (QED) is 0.0356. The number of nitrogen functional groups attached to an aromatic ring is 1. The number of aryl methyl sites for hydroxylation is 1. The first-order valence-corrected chi connectivity index (χ1v) is 20.1. The Balaban J connectivity index is 1.49. The molecule has 4 aromatic carbocycles. The highest BCUT2D eigenvalue weighted by Crippen LogP contribution is 2.45. The zero-order chi connectivity index (χ0) is 39.7. The lowest BCUT2D eigenvalue weighted by atomic mass is 10.1. The predicted molar refractivity (Wildman–Crippen MR) is 195 cm³/mol. The van der Waals surface area contributed by atoms with Crippen LogP contribution in [0.4, 0.5) is 28.4 Å². The summed E-state index contributed by atoms with van der Waals surface area (Å²) in [6.45, 7) is 3.94. The van der Waals surface area contributed by atoms with Gasteiger partial charge in [-0.25, -0.2) is 13.1 Å². The summed E-state index contributed by atoms with van der Waals surface area (Å²) in [6.07, 6.45) is 0.460. The Labute approximate surface area is 311 Å². The van der Waals surface area contributed by atoms with Gasteiger partial charge in [-0.15, -0.1) is 10.2 Å². The molecule has 0 saturated carbocycles. The number of rotatable bonds is 19. The lowest BCUT2D eigenvalue weighted by Gasteiger charge is -2.12. The number of hydrogen-bond donors (Lipinski definition) is 5. The van der Waals surface area contributed by atoms with Crippen molar-refractivity contribution in [2.24, 2.45) is 20.5 Å². The summed E-state index contributed by atoms with van der Waals surface area (Å²) < 4.78 is 116. The van der Waals surface area contributed by atoms with Gasteiger partial charge in [0.15, 0.2) is 5.75 Å². The lowest BCUT2D eigenvalue weighted by Crippen LogP contribution is -2.25. The van der Waals surface area contributed by atoms with Crippen molar-refractivity contribution in [1.82, 2.24) is 4.72 Å². The summed E-state index contributed by atoms with van der Waals surface area (Å²) >= 11 is 0. The second-order valence-electron chi connectivity index (χ2n) is 11.3. The minimum atomic E-state index is -5.07. The summed E-state index contributed by atoms with van der Waals surface area (Å²) in [5.74, 6) is -0.752. The molecule has 6 N–H and O–H groups in total. The Morgan fingerprint density at radius 2 is 1.39 bits per heavy atom. The minimum Gasteiger partial charge on any atom is -0.505 e. The van der Waals surface area contributed by atoms with Gasteiger partial charge in [0, 0.05) is 37.4 Å². The standard InChI is InChI=1S/C32H38N6O13S3/c1-20-15-27(37-38-31-29(54(45,46)47)17-21-16-24(53(42,43)44)18-25(33)30(21)32(31)39)28(49-3)19-26(20)36-35-22-5-7-23(8-6-22)52(40,41)34-9-4-10-50-13-14-51-12-11-48-2/h5-8,15-19,34,39H,4,9-14,33H2,1-3H3,(H,42,43,44)(H,45,46,47). The van der Waals surface area contributed by atoms with E-state index in [1.54, 1.807) is 14.0 Å². The normalized spacial score (nSPS) is 12.7. The highest BCUT2D eigenvalue weighted by Gasteiger charge is 2.25. The fraction of sp³-hybridized carbons (Fsp3) is 0.312. The highest BCUT2D eigenvalue weighted by molar-refractivity contribution is 7.89. The predicted octanol–water partition coefficient (Wildman–Crippen LogP) is 5.12. The van der Waals surface area contributed by atoms with Crippen molar-refractivity contribution in [1.29, 1.82) is 0 Å². The molecule has 0 heterocycles. The number of benzene rings is 4. The van der Waals surface area contributed by atoms with Crippen LogP contribution in [0.1, 0.15) is 12.0 Å². The molecule has 0 aliphatic rings. The van der Waals surface area contributed by atoms with Gasteiger partial charge in [-0.3, -0.25) is 9.11 Å². The van der Waals surface area contributed by atoms with Crippen LogP contribution in [0.25, 0.3) is 10.8 Å². The smallest absolute Gasteiger partial charge is 0.296 e. The molecule has 19 nitrogen and oxygen atoms in total. The second kappa shape index (κ2) is 18.1. The molecule has 0 fully saturated rings. The van der Waals surface area contributed by atoms with Crippen LogP contribution in [0.2, 0.25) is 0 Å². The Kier molecular flexibility index (Phi) is 14.1. The Hall–Kier alpha value is -4.65. The highest BCUT2D eigenvalue weighted by atomic mass is 32.2. The summed E-state index contributed by atoms with van der Waals surface area (Å²) in [4.78, 5) is -1.58. The van der Waals surface area contributed by atoms with E-state index in [0.29, 0.717) is 56.4 Å². The number of azo groups is 2. The van der Waals surface area contributed by atoms with Crippen molar-refractivity contribution in [2.75, 3.05) is 59.5 Å². The monoisotopic (exact) mass is 810 g/mol. The number of phenolic OH excluding ortho intramolecular Hbond substituents is 1. The van der Waals surface area contributed by atoms with Crippen molar-refractivity contribution in [3.8, 4) is 11.5 Å². The molecule has 292 valence electrons. The van der Waals surface area contributed by atoms with Crippen molar-refractivity contribution in [3.05, 3.63) is 60.2 Å². The van der Waals surface area contributed by atoms with E-state index in [1.165, 1.54) is 43.5 Å². The molecule has 0 atom stereocenters. The van der Waals surface area contributed by atoms with Crippen LogP contribution in [-0.4, -0.2) is 93.3 Å². The van der Waals surface area contributed by atoms with Crippen LogP contribution in [0.3, 0.4) is 0 Å². The largest absolute Gasteiger partial charge is 0.505 e. The van der Waals surface area contributed by atoms with Crippen molar-refractivity contribution in [3.63, 3.8) is 0 Å². The summed E-state index contributed by atoms with van der Waals surface area (Å²) in [7, 11) is -10.7. The van der Waals surface area contributed by atoms with Gasteiger partial charge in [0.1, 0.15) is 22.0 Å². The van der Waals surface area contributed by atoms with E-state index in [9.17, 15) is 39.5 Å². The number of phenols is 1. The lowest BCUT2D eigenvalue weighted by molar-refractivity contribution is 0.0245. The van der Waals surface area contributed by atoms with E-state index < -0.39 is 51.5 Å². The molecule has 0 spiro atoms. The van der Waals surface area contributed by atoms with E-state index >= 15 is 0 Å². The van der Waals surface area contributed by atoms with Gasteiger partial charge in [0.2, 0.25) is 10.0 Å². The number of hydrogen-bond acceptors (Lipinski definition) is 16. The minimum absolute atomic E-state index is 0.0293. The van der Waals surface area contributed by atoms with Gasteiger partial charge in [-0.2, -0.15) is 27.1 Å². The van der Waals surface area contributed by atoms with E-state index in [1.807, 2.05) is 0 Å². The molecule has 0 amide bonds. The number of aromatic hydroxyl groups is 1. The molecule has 4 aromatic rings. The Bertz CT molecular complexity index is 2370. The zero-order valence-electron chi connectivity index (χ0n) is 29.2. The molecule has 0 aliphatic heterocycles. The van der Waals surface area contributed by atoms with Crippen LogP contribution in [0, 0.1) is 6.92 Å². The molecular formula is C32H38N6O13S3. The maximum absolute atomic E-state index is 12.7. The molecular weight excluding hydrogens is 773 g/mol. The zero-order valence-corrected chi connectivity index (χ0v) is 31.6. The van der Waals surface area contributed by atoms with Crippen LogP contribution in [0.5, 0.6) is 11.5 Å². The van der Waals surface area contributed by atoms with E-state index in [0.717, 1.165) is 18.2 Å². The number of nitrogens with zero attached hydrogens (tertiary/aromatic N) is 4. The number of nitrogens with two attached hydrogens (primary N) is 1. The Morgan fingerprint density at radius 3 is 2.02 bits per heavy atom. The third-order valence-corrected chi connectivity index (χ3v) is 10.6. The molecule has 0 aromatic heterocycles. The number of sulfonamides is 1. The molecule has 54 heavy (non-hydrogen) atoms. The third-order valence-electron chi connectivity index (χ3n) is 7.47. The molecule has 0 unspecified atom stereocenters. The summed E-state index contributed by atoms with van der Waals surface area (Å²) in [5.41, 5.74) is 6.06. The average molecular weight is 811 g/mol. The fourth-order valence-corrected chi connectivity index (χ4v) is 7.06. The molecule has 0 bridgehead atoms. The topological polar surface area (TPSA) is 288 Å². The number of anilines is 1. The third kappa shape index (κ3) is 11.0. The van der Waals surface area contributed by atoms with Gasteiger partial charge >= 0.3 is 0 Å². The number of ether oxygens (including phenoxy) is 4. The van der Waals surface area contributed by atoms with E-state index in [-0.39, 0.29) is 39.3 Å². The molecule has 0 radical (unpaired) electrons. The van der Waals surface area contributed by atoms with Crippen LogP contribution in [-0.2, 0) is 44.5 Å². The number of fused-ring (bicyclic) bond motifs is 1. The SMILES string of the molecule is COCCOCCOCCCNS(=O)(=O)c1ccc(N=Nc2cc(OC)c(N=Nc3c(S(=O)(=O)O)cc4cc(S(=O)(=O)O)cc(N)c4c3O)cc2C)cc1. The molecule has 0 saturated heterocycles. The van der Waals surface area contributed by atoms with Crippen LogP contribution < -0.4 is 15.2 Å². The molecule has 22 heteroatoms. The van der Waals surface area contributed by atoms with Crippen molar-refractivity contribution < 1.29 is 58.4 Å². The van der Waals surface area contributed by atoms with E-state index in [4.69, 9.17) is 24.7 Å². The first-order chi connectivity index (χ1) is 25.5. The van der Waals surface area contributed by atoms with Gasteiger partial charge in [-0.05, 0) is 72.8 Å². The van der Waals surface area contributed by atoms with Crippen molar-refractivity contribution >= 4 is 69.5 Å². The van der Waals surface area contributed by atoms with Crippen LogP contribution in [0.15, 0.2) is 89.7 Å². The molecule has 4 rings (SSSR count). The summed E-state index contributed by atoms with van der Waals surface area (Å²) in [5, 5.41) is 26.8.